The minimum Gasteiger partial charge on any atom is -0.312 e. The normalized spacial score (nSPS) is 12.6. The second-order valence-corrected chi connectivity index (χ2v) is 6.73. The summed E-state index contributed by atoms with van der Waals surface area (Å²) in [7, 11) is 0. The van der Waals surface area contributed by atoms with E-state index in [0.29, 0.717) is 0 Å². The molecule has 0 saturated carbocycles. The summed E-state index contributed by atoms with van der Waals surface area (Å²) < 4.78 is 107. The minimum absolute atomic E-state index is 0.0168. The molecule has 11 heteroatoms. The van der Waals surface area contributed by atoms with E-state index < -0.39 is 63.5 Å². The maximum Gasteiger partial charge on any atom is 0.413 e. The molecule has 0 bridgehead atoms. The smallest absolute Gasteiger partial charge is 0.312 e. The number of hydrogen-bond donors (Lipinski definition) is 0. The number of nitrogens with zero attached hydrogens (tertiary/aromatic N) is 1. The first-order valence-electron chi connectivity index (χ1n) is 8.34. The number of carbonyl (C=O) groups excluding carboxylic acids is 1. The van der Waals surface area contributed by atoms with Gasteiger partial charge in [-0.05, 0) is 0 Å². The highest BCUT2D eigenvalue weighted by molar-refractivity contribution is 6.06. The number of alkyl halides is 3. The van der Waals surface area contributed by atoms with Gasteiger partial charge >= 0.3 is 12.1 Å². The lowest BCUT2D eigenvalue weighted by atomic mass is 9.77. The van der Waals surface area contributed by atoms with Crippen molar-refractivity contribution in [2.45, 2.75) is 20.0 Å². The van der Waals surface area contributed by atoms with E-state index in [1.54, 1.807) is 0 Å². The average Bonchev–Trinajstić information content (AvgIpc) is 2.70. The zero-order valence-corrected chi connectivity index (χ0v) is 15.9. The van der Waals surface area contributed by atoms with Crippen LogP contribution < -0.4 is 0 Å². The van der Waals surface area contributed by atoms with Gasteiger partial charge in [-0.3, -0.25) is 0 Å². The van der Waals surface area contributed by atoms with Crippen LogP contribution >= 0.6 is 0 Å². The van der Waals surface area contributed by atoms with Crippen molar-refractivity contribution in [2.75, 3.05) is 0 Å². The van der Waals surface area contributed by atoms with Crippen LogP contribution in [-0.4, -0.2) is 17.9 Å². The highest BCUT2D eigenvalue weighted by Crippen LogP contribution is 2.40. The lowest BCUT2D eigenvalue weighted by Gasteiger charge is -2.30. The quantitative estimate of drug-likeness (QED) is 0.105. The Morgan fingerprint density at radius 2 is 1.32 bits per heavy atom. The van der Waals surface area contributed by atoms with Crippen LogP contribution in [0.15, 0.2) is 47.6 Å². The van der Waals surface area contributed by atoms with Crippen molar-refractivity contribution < 1.29 is 44.8 Å². The van der Waals surface area contributed by atoms with E-state index in [0.717, 1.165) is 13.8 Å². The van der Waals surface area contributed by atoms with Gasteiger partial charge in [-0.25, -0.2) is 26.7 Å². The molecule has 0 aliphatic heterocycles. The molecule has 2 aromatic rings. The van der Waals surface area contributed by atoms with Crippen molar-refractivity contribution in [3.63, 3.8) is 0 Å². The first-order chi connectivity index (χ1) is 14.2. The largest absolute Gasteiger partial charge is 0.413 e. The zero-order valence-electron chi connectivity index (χ0n) is 15.9. The molecule has 0 amide bonds. The predicted octanol–water partition coefficient (Wildman–Crippen LogP) is 6.09. The SMILES string of the molecule is C=C(C(F)(F)F)C(C)(C)/C(=N/OC(=O)c1c(F)c(F)c(F)c(F)c1F)c1ccccc1. The van der Waals surface area contributed by atoms with Crippen LogP contribution in [0.4, 0.5) is 35.1 Å². The van der Waals surface area contributed by atoms with Crippen LogP contribution in [-0.2, 0) is 4.84 Å². The number of carbonyl (C=O) groups is 1. The summed E-state index contributed by atoms with van der Waals surface area (Å²) in [6.45, 7) is 5.07. The first kappa shape index (κ1) is 24.0. The maximum atomic E-state index is 13.8. The molecule has 0 aliphatic carbocycles. The maximum absolute atomic E-state index is 13.8. The second kappa shape index (κ2) is 8.48. The van der Waals surface area contributed by atoms with E-state index in [9.17, 15) is 39.9 Å². The molecule has 2 rings (SSSR count). The molecule has 0 heterocycles. The summed E-state index contributed by atoms with van der Waals surface area (Å²) in [5, 5.41) is 3.27. The standard InChI is InChI=1S/C20H13F8NO2/c1-9(20(26,27)28)19(2,3)17(10-7-5-4-6-8-10)29-31-18(30)11-12(21)14(23)16(25)15(24)13(11)22/h4-8H,1H2,2-3H3/b29-17+. The minimum atomic E-state index is -4.88. The van der Waals surface area contributed by atoms with E-state index in [-0.39, 0.29) is 5.56 Å². The van der Waals surface area contributed by atoms with Crippen molar-refractivity contribution in [1.82, 2.24) is 0 Å². The molecule has 3 nitrogen and oxygen atoms in total. The number of hydrogen-bond acceptors (Lipinski definition) is 3. The molecule has 0 unspecified atom stereocenters. The van der Waals surface area contributed by atoms with Crippen molar-refractivity contribution >= 4 is 11.7 Å². The van der Waals surface area contributed by atoms with E-state index in [1.165, 1.54) is 30.3 Å². The molecule has 0 saturated heterocycles. The molecule has 0 radical (unpaired) electrons. The van der Waals surface area contributed by atoms with Crippen molar-refractivity contribution in [1.29, 1.82) is 0 Å². The predicted molar refractivity (Wildman–Crippen MR) is 93.6 cm³/mol. The number of halogens is 8. The molecular weight excluding hydrogens is 438 g/mol. The Kier molecular flexibility index (Phi) is 6.57. The van der Waals surface area contributed by atoms with Gasteiger partial charge in [0.05, 0.1) is 5.71 Å². The summed E-state index contributed by atoms with van der Waals surface area (Å²) in [5.41, 5.74) is -5.78. The summed E-state index contributed by atoms with van der Waals surface area (Å²) in [6, 6.07) is 6.97. The molecule has 0 fully saturated rings. The molecule has 31 heavy (non-hydrogen) atoms. The van der Waals surface area contributed by atoms with Gasteiger partial charge in [-0.15, -0.1) is 0 Å². The van der Waals surface area contributed by atoms with Gasteiger partial charge in [0.2, 0.25) is 5.82 Å². The molecule has 0 atom stereocenters. The van der Waals surface area contributed by atoms with Gasteiger partial charge < -0.3 is 4.84 Å². The lowest BCUT2D eigenvalue weighted by Crippen LogP contribution is -2.34. The fourth-order valence-corrected chi connectivity index (χ4v) is 2.54. The van der Waals surface area contributed by atoms with Gasteiger partial charge in [-0.1, -0.05) is 55.9 Å². The van der Waals surface area contributed by atoms with E-state index in [4.69, 9.17) is 0 Å². The molecular formula is C20H13F8NO2. The monoisotopic (exact) mass is 451 g/mol. The molecule has 166 valence electrons. The molecule has 2 aromatic carbocycles. The number of allylic oxidation sites excluding steroid dienone is 1. The Hall–Kier alpha value is -3.24. The summed E-state index contributed by atoms with van der Waals surface area (Å²) in [4.78, 5) is 16.3. The van der Waals surface area contributed by atoms with Crippen LogP contribution in [0.2, 0.25) is 0 Å². The van der Waals surface area contributed by atoms with Crippen molar-refractivity contribution in [3.8, 4) is 0 Å². The van der Waals surface area contributed by atoms with Crippen LogP contribution in [0.25, 0.3) is 0 Å². The van der Waals surface area contributed by atoms with Crippen LogP contribution in [0.5, 0.6) is 0 Å². The van der Waals surface area contributed by atoms with Crippen LogP contribution in [0.1, 0.15) is 29.8 Å². The van der Waals surface area contributed by atoms with E-state index in [2.05, 4.69) is 16.6 Å². The van der Waals surface area contributed by atoms with E-state index >= 15 is 0 Å². The highest BCUT2D eigenvalue weighted by Gasteiger charge is 2.45. The van der Waals surface area contributed by atoms with Crippen LogP contribution in [0.3, 0.4) is 0 Å². The average molecular weight is 451 g/mol. The lowest BCUT2D eigenvalue weighted by molar-refractivity contribution is -0.100. The molecule has 0 aliphatic rings. The van der Waals surface area contributed by atoms with Crippen LogP contribution in [0, 0.1) is 34.5 Å². The van der Waals surface area contributed by atoms with Gasteiger partial charge in [0.1, 0.15) is 5.56 Å². The van der Waals surface area contributed by atoms with E-state index in [1.807, 2.05) is 0 Å². The Morgan fingerprint density at radius 1 is 0.871 bits per heavy atom. The molecule has 0 aromatic heterocycles. The summed E-state index contributed by atoms with van der Waals surface area (Å²) >= 11 is 0. The second-order valence-electron chi connectivity index (χ2n) is 6.73. The Balaban J connectivity index is 2.57. The van der Waals surface area contributed by atoms with Gasteiger partial charge in [0, 0.05) is 16.6 Å². The van der Waals surface area contributed by atoms with Gasteiger partial charge in [0.15, 0.2) is 23.3 Å². The topological polar surface area (TPSA) is 38.7 Å². The fourth-order valence-electron chi connectivity index (χ4n) is 2.54. The summed E-state index contributed by atoms with van der Waals surface area (Å²) in [5.74, 6) is -14.3. The zero-order chi connectivity index (χ0) is 23.7. The van der Waals surface area contributed by atoms with Gasteiger partial charge in [-0.2, -0.15) is 13.2 Å². The first-order valence-corrected chi connectivity index (χ1v) is 8.34. The summed E-state index contributed by atoms with van der Waals surface area (Å²) in [6.07, 6.45) is -4.88. The number of benzene rings is 2. The Bertz CT molecular complexity index is 1030. The highest BCUT2D eigenvalue weighted by atomic mass is 19.4. The molecule has 0 N–H and O–H groups in total. The Morgan fingerprint density at radius 3 is 1.77 bits per heavy atom. The Labute approximate surface area is 170 Å². The number of rotatable bonds is 5. The third kappa shape index (κ3) is 4.59. The van der Waals surface area contributed by atoms with Gasteiger partial charge in [0.25, 0.3) is 0 Å². The molecule has 0 spiro atoms. The van der Waals surface area contributed by atoms with Crippen molar-refractivity contribution in [3.05, 3.63) is 82.7 Å². The third-order valence-corrected chi connectivity index (χ3v) is 4.37. The van der Waals surface area contributed by atoms with Crippen molar-refractivity contribution in [2.24, 2.45) is 10.6 Å². The fraction of sp³-hybridized carbons (Fsp3) is 0.200. The number of oxime groups is 1. The third-order valence-electron chi connectivity index (χ3n) is 4.37.